The van der Waals surface area contributed by atoms with Crippen molar-refractivity contribution < 1.29 is 14.7 Å². The summed E-state index contributed by atoms with van der Waals surface area (Å²) in [5.74, 6) is -1.25. The molecule has 1 saturated carbocycles. The van der Waals surface area contributed by atoms with E-state index in [0.29, 0.717) is 37.9 Å². The maximum Gasteiger partial charge on any atom is 0.306 e. The smallest absolute Gasteiger partial charge is 0.306 e. The van der Waals surface area contributed by atoms with Crippen LogP contribution in [-0.4, -0.2) is 22.0 Å². The number of hydrogen-bond donors (Lipinski definition) is 3. The average molecular weight is 284 g/mol. The predicted molar refractivity (Wildman–Crippen MR) is 69.9 cm³/mol. The van der Waals surface area contributed by atoms with E-state index in [1.54, 1.807) is 5.38 Å². The van der Waals surface area contributed by atoms with Crippen molar-refractivity contribution in [2.45, 2.75) is 32.2 Å². The Morgan fingerprint density at radius 3 is 2.47 bits per heavy atom. The van der Waals surface area contributed by atoms with Crippen LogP contribution in [0.4, 0.5) is 0 Å². The Bertz CT molecular complexity index is 514. The number of aromatic amines is 1. The number of carboxylic acids is 1. The summed E-state index contributed by atoms with van der Waals surface area (Å²) in [7, 11) is 0. The van der Waals surface area contributed by atoms with Gasteiger partial charge in [-0.2, -0.15) is 0 Å². The first-order valence-electron chi connectivity index (χ1n) is 6.23. The van der Waals surface area contributed by atoms with Gasteiger partial charge < -0.3 is 15.4 Å². The molecule has 0 saturated heterocycles. The van der Waals surface area contributed by atoms with Crippen molar-refractivity contribution in [3.63, 3.8) is 0 Å². The zero-order chi connectivity index (χ0) is 13.8. The molecule has 19 heavy (non-hydrogen) atoms. The van der Waals surface area contributed by atoms with E-state index >= 15 is 0 Å². The van der Waals surface area contributed by atoms with Crippen LogP contribution in [0.3, 0.4) is 0 Å². The molecule has 6 nitrogen and oxygen atoms in total. The molecular formula is C12H16N2O4S. The first kappa shape index (κ1) is 13.8. The van der Waals surface area contributed by atoms with Gasteiger partial charge in [0.05, 0.1) is 12.5 Å². The van der Waals surface area contributed by atoms with Crippen LogP contribution < -0.4 is 10.2 Å². The van der Waals surface area contributed by atoms with Crippen LogP contribution in [0.25, 0.3) is 0 Å². The number of thiazole rings is 1. The summed E-state index contributed by atoms with van der Waals surface area (Å²) in [6.07, 6.45) is 2.34. The van der Waals surface area contributed by atoms with Crippen molar-refractivity contribution in [2.24, 2.45) is 11.8 Å². The number of carbonyl (C=O) groups is 2. The fraction of sp³-hybridized carbons (Fsp3) is 0.583. The number of hydrogen-bond acceptors (Lipinski definition) is 4. The molecular weight excluding hydrogens is 268 g/mol. The Balaban J connectivity index is 1.78. The van der Waals surface area contributed by atoms with Gasteiger partial charge in [0.2, 0.25) is 5.91 Å². The van der Waals surface area contributed by atoms with Gasteiger partial charge in [-0.05, 0) is 25.7 Å². The molecule has 1 aliphatic carbocycles. The summed E-state index contributed by atoms with van der Waals surface area (Å²) in [5, 5.41) is 13.3. The maximum atomic E-state index is 11.9. The second-order valence-corrected chi connectivity index (χ2v) is 5.62. The zero-order valence-electron chi connectivity index (χ0n) is 10.3. The van der Waals surface area contributed by atoms with Gasteiger partial charge >= 0.3 is 10.8 Å². The van der Waals surface area contributed by atoms with Gasteiger partial charge in [0, 0.05) is 17.0 Å². The molecule has 1 amide bonds. The number of aromatic nitrogens is 1. The minimum absolute atomic E-state index is 0.0594. The first-order chi connectivity index (χ1) is 9.06. The molecule has 7 heteroatoms. The highest BCUT2D eigenvalue weighted by Crippen LogP contribution is 2.29. The molecule has 0 unspecified atom stereocenters. The standard InChI is InChI=1S/C12H16N2O4S/c15-10(13-5-9-6-19-12(18)14-9)7-1-3-8(4-2-7)11(16)17/h6-8H,1-5H2,(H,13,15)(H,14,18)(H,16,17). The second-order valence-electron chi connectivity index (χ2n) is 4.78. The van der Waals surface area contributed by atoms with Crippen molar-refractivity contribution in [1.82, 2.24) is 10.3 Å². The lowest BCUT2D eigenvalue weighted by Crippen LogP contribution is -2.34. The van der Waals surface area contributed by atoms with E-state index in [-0.39, 0.29) is 22.6 Å². The van der Waals surface area contributed by atoms with Crippen LogP contribution >= 0.6 is 11.3 Å². The third-order valence-electron chi connectivity index (χ3n) is 3.47. The van der Waals surface area contributed by atoms with Crippen LogP contribution in [-0.2, 0) is 16.1 Å². The van der Waals surface area contributed by atoms with E-state index in [1.165, 1.54) is 0 Å². The van der Waals surface area contributed by atoms with E-state index in [4.69, 9.17) is 5.11 Å². The van der Waals surface area contributed by atoms with Crippen LogP contribution in [0, 0.1) is 11.8 Å². The molecule has 0 atom stereocenters. The van der Waals surface area contributed by atoms with Crippen LogP contribution in [0.15, 0.2) is 10.2 Å². The van der Waals surface area contributed by atoms with Crippen molar-refractivity contribution in [3.05, 3.63) is 20.7 Å². The number of carbonyl (C=O) groups excluding carboxylic acids is 1. The second kappa shape index (κ2) is 6.01. The molecule has 0 aliphatic heterocycles. The van der Waals surface area contributed by atoms with E-state index in [2.05, 4.69) is 10.3 Å². The van der Waals surface area contributed by atoms with Gasteiger partial charge in [-0.3, -0.25) is 14.4 Å². The normalized spacial score (nSPS) is 22.9. The molecule has 1 aromatic heterocycles. The van der Waals surface area contributed by atoms with Gasteiger partial charge in [0.25, 0.3) is 0 Å². The largest absolute Gasteiger partial charge is 0.481 e. The number of amides is 1. The number of H-pyrrole nitrogens is 1. The zero-order valence-corrected chi connectivity index (χ0v) is 11.2. The lowest BCUT2D eigenvalue weighted by molar-refractivity contribution is -0.144. The van der Waals surface area contributed by atoms with E-state index in [9.17, 15) is 14.4 Å². The topological polar surface area (TPSA) is 99.3 Å². The molecule has 1 aliphatic rings. The summed E-state index contributed by atoms with van der Waals surface area (Å²) in [4.78, 5) is 36.1. The Morgan fingerprint density at radius 2 is 1.95 bits per heavy atom. The molecule has 2 rings (SSSR count). The fourth-order valence-electron chi connectivity index (χ4n) is 2.33. The molecule has 1 heterocycles. The van der Waals surface area contributed by atoms with Crippen molar-refractivity contribution >= 4 is 23.2 Å². The van der Waals surface area contributed by atoms with Crippen LogP contribution in [0.2, 0.25) is 0 Å². The summed E-state index contributed by atoms with van der Waals surface area (Å²) < 4.78 is 0. The molecule has 0 radical (unpaired) electrons. The van der Waals surface area contributed by atoms with E-state index in [0.717, 1.165) is 11.3 Å². The lowest BCUT2D eigenvalue weighted by atomic mass is 9.81. The van der Waals surface area contributed by atoms with Gasteiger partial charge in [-0.25, -0.2) is 0 Å². The van der Waals surface area contributed by atoms with Crippen molar-refractivity contribution in [3.8, 4) is 0 Å². The number of carboxylic acid groups (broad SMARTS) is 1. The van der Waals surface area contributed by atoms with Gasteiger partial charge in [-0.1, -0.05) is 11.3 Å². The maximum absolute atomic E-state index is 11.9. The van der Waals surface area contributed by atoms with Crippen LogP contribution in [0.1, 0.15) is 31.4 Å². The first-order valence-corrected chi connectivity index (χ1v) is 7.11. The highest BCUT2D eigenvalue weighted by atomic mass is 32.1. The lowest BCUT2D eigenvalue weighted by Gasteiger charge is -2.25. The third kappa shape index (κ3) is 3.66. The average Bonchev–Trinajstić information content (AvgIpc) is 2.82. The van der Waals surface area contributed by atoms with Crippen molar-refractivity contribution in [2.75, 3.05) is 0 Å². The number of aliphatic carboxylic acids is 1. The molecule has 1 aromatic rings. The SMILES string of the molecule is O=C(O)C1CCC(C(=O)NCc2csc(=O)[nH]2)CC1. The molecule has 0 bridgehead atoms. The van der Waals surface area contributed by atoms with Gasteiger partial charge in [0.15, 0.2) is 0 Å². The predicted octanol–water partition coefficient (Wildman–Crippen LogP) is 0.944. The molecule has 1 fully saturated rings. The molecule has 104 valence electrons. The van der Waals surface area contributed by atoms with Gasteiger partial charge in [-0.15, -0.1) is 0 Å². The molecule has 0 aromatic carbocycles. The molecule has 0 spiro atoms. The quantitative estimate of drug-likeness (QED) is 0.766. The third-order valence-corrected chi connectivity index (χ3v) is 4.19. The highest BCUT2D eigenvalue weighted by Gasteiger charge is 2.29. The Kier molecular flexibility index (Phi) is 4.36. The summed E-state index contributed by atoms with van der Waals surface area (Å²) in [6.45, 7) is 0.316. The number of rotatable bonds is 4. The van der Waals surface area contributed by atoms with Gasteiger partial charge in [0.1, 0.15) is 0 Å². The minimum atomic E-state index is -0.769. The highest BCUT2D eigenvalue weighted by molar-refractivity contribution is 7.07. The minimum Gasteiger partial charge on any atom is -0.481 e. The Hall–Kier alpha value is -1.63. The van der Waals surface area contributed by atoms with Crippen molar-refractivity contribution in [1.29, 1.82) is 0 Å². The summed E-state index contributed by atoms with van der Waals surface area (Å²) in [5.41, 5.74) is 0.697. The Labute approximate surface area is 113 Å². The summed E-state index contributed by atoms with van der Waals surface area (Å²) in [6, 6.07) is 0. The van der Waals surface area contributed by atoms with Crippen LogP contribution in [0.5, 0.6) is 0 Å². The Morgan fingerprint density at radius 1 is 1.32 bits per heavy atom. The molecule has 3 N–H and O–H groups in total. The monoisotopic (exact) mass is 284 g/mol. The van der Waals surface area contributed by atoms with E-state index < -0.39 is 5.97 Å². The fourth-order valence-corrected chi connectivity index (χ4v) is 2.91. The van der Waals surface area contributed by atoms with E-state index in [1.807, 2.05) is 0 Å². The summed E-state index contributed by atoms with van der Waals surface area (Å²) >= 11 is 1.07. The number of nitrogens with one attached hydrogen (secondary N) is 2.